The van der Waals surface area contributed by atoms with Crippen molar-refractivity contribution in [2.24, 2.45) is 0 Å². The van der Waals surface area contributed by atoms with Gasteiger partial charge in [0.15, 0.2) is 0 Å². The summed E-state index contributed by atoms with van der Waals surface area (Å²) < 4.78 is 10.9. The van der Waals surface area contributed by atoms with E-state index in [9.17, 15) is 5.11 Å². The maximum atomic E-state index is 9.73. The van der Waals surface area contributed by atoms with E-state index in [2.05, 4.69) is 0 Å². The molecule has 0 saturated heterocycles. The lowest BCUT2D eigenvalue weighted by atomic mass is 10.1. The molecule has 2 aromatic carbocycles. The van der Waals surface area contributed by atoms with E-state index < -0.39 is 0 Å². The van der Waals surface area contributed by atoms with E-state index in [4.69, 9.17) is 9.47 Å². The van der Waals surface area contributed by atoms with Gasteiger partial charge in [-0.2, -0.15) is 0 Å². The van der Waals surface area contributed by atoms with E-state index in [0.717, 1.165) is 16.5 Å². The Bertz CT molecular complexity index is 494. The van der Waals surface area contributed by atoms with Crippen LogP contribution in [0, 0.1) is 0 Å². The Morgan fingerprint density at radius 3 is 2.53 bits per heavy atom. The van der Waals surface area contributed by atoms with Gasteiger partial charge in [-0.25, -0.2) is 0 Å². The number of phenols is 1. The Labute approximate surface area is 101 Å². The monoisotopic (exact) mass is 232 g/mol. The first-order chi connectivity index (χ1) is 8.33. The summed E-state index contributed by atoms with van der Waals surface area (Å²) >= 11 is 0. The molecule has 0 bridgehead atoms. The van der Waals surface area contributed by atoms with Crippen LogP contribution in [0.3, 0.4) is 0 Å². The molecular formula is C14H16O3. The SMILES string of the molecule is CCOCCOc1ccc(O)c2ccccc12. The van der Waals surface area contributed by atoms with E-state index in [1.165, 1.54) is 0 Å². The minimum absolute atomic E-state index is 0.276. The van der Waals surface area contributed by atoms with Crippen molar-refractivity contribution in [3.63, 3.8) is 0 Å². The van der Waals surface area contributed by atoms with Crippen LogP contribution in [0.2, 0.25) is 0 Å². The first kappa shape index (κ1) is 11.7. The van der Waals surface area contributed by atoms with Gasteiger partial charge < -0.3 is 14.6 Å². The van der Waals surface area contributed by atoms with Gasteiger partial charge in [0.25, 0.3) is 0 Å². The number of phenolic OH excluding ortho intramolecular Hbond substituents is 1. The van der Waals surface area contributed by atoms with Gasteiger partial charge in [-0.1, -0.05) is 24.3 Å². The molecule has 0 unspecified atom stereocenters. The van der Waals surface area contributed by atoms with Crippen molar-refractivity contribution in [3.05, 3.63) is 36.4 Å². The first-order valence-corrected chi connectivity index (χ1v) is 5.74. The molecule has 2 aromatic rings. The number of aromatic hydroxyl groups is 1. The molecule has 3 heteroatoms. The molecule has 90 valence electrons. The van der Waals surface area contributed by atoms with Crippen molar-refractivity contribution in [3.8, 4) is 11.5 Å². The molecule has 3 nitrogen and oxygen atoms in total. The lowest BCUT2D eigenvalue weighted by molar-refractivity contribution is 0.111. The standard InChI is InChI=1S/C14H16O3/c1-2-16-9-10-17-14-8-7-13(15)11-5-3-4-6-12(11)14/h3-8,15H,2,9-10H2,1H3. The van der Waals surface area contributed by atoms with Crippen molar-refractivity contribution in [2.75, 3.05) is 19.8 Å². The quantitative estimate of drug-likeness (QED) is 0.805. The van der Waals surface area contributed by atoms with Crippen molar-refractivity contribution < 1.29 is 14.6 Å². The van der Waals surface area contributed by atoms with Crippen LogP contribution in [0.4, 0.5) is 0 Å². The van der Waals surface area contributed by atoms with Crippen LogP contribution in [0.5, 0.6) is 11.5 Å². The molecule has 0 aliphatic heterocycles. The maximum absolute atomic E-state index is 9.73. The molecule has 0 spiro atoms. The molecule has 0 fully saturated rings. The van der Waals surface area contributed by atoms with Gasteiger partial charge in [0.05, 0.1) is 6.61 Å². The van der Waals surface area contributed by atoms with Crippen LogP contribution in [-0.4, -0.2) is 24.9 Å². The zero-order valence-corrected chi connectivity index (χ0v) is 9.85. The number of benzene rings is 2. The number of rotatable bonds is 5. The van der Waals surface area contributed by atoms with Crippen molar-refractivity contribution in [2.45, 2.75) is 6.92 Å². The largest absolute Gasteiger partial charge is 0.507 e. The minimum Gasteiger partial charge on any atom is -0.507 e. The zero-order chi connectivity index (χ0) is 12.1. The van der Waals surface area contributed by atoms with Gasteiger partial charge in [-0.05, 0) is 19.1 Å². The van der Waals surface area contributed by atoms with Gasteiger partial charge in [0.2, 0.25) is 0 Å². The number of ether oxygens (including phenoxy) is 2. The maximum Gasteiger partial charge on any atom is 0.127 e. The highest BCUT2D eigenvalue weighted by molar-refractivity contribution is 5.92. The number of hydrogen-bond acceptors (Lipinski definition) is 3. The second-order valence-corrected chi connectivity index (χ2v) is 3.67. The molecule has 2 rings (SSSR count). The van der Waals surface area contributed by atoms with Crippen LogP contribution in [0.1, 0.15) is 6.92 Å². The predicted molar refractivity (Wildman–Crippen MR) is 67.6 cm³/mol. The normalized spacial score (nSPS) is 10.6. The highest BCUT2D eigenvalue weighted by Gasteiger charge is 2.05. The van der Waals surface area contributed by atoms with E-state index in [-0.39, 0.29) is 5.75 Å². The highest BCUT2D eigenvalue weighted by Crippen LogP contribution is 2.31. The van der Waals surface area contributed by atoms with Crippen LogP contribution >= 0.6 is 0 Å². The molecule has 1 N–H and O–H groups in total. The topological polar surface area (TPSA) is 38.7 Å². The third-order valence-corrected chi connectivity index (χ3v) is 2.55. The molecule has 17 heavy (non-hydrogen) atoms. The van der Waals surface area contributed by atoms with Crippen LogP contribution in [0.25, 0.3) is 10.8 Å². The second-order valence-electron chi connectivity index (χ2n) is 3.67. The van der Waals surface area contributed by atoms with Gasteiger partial charge in [0.1, 0.15) is 18.1 Å². The summed E-state index contributed by atoms with van der Waals surface area (Å²) in [5.74, 6) is 1.05. The molecular weight excluding hydrogens is 216 g/mol. The van der Waals surface area contributed by atoms with E-state index in [1.54, 1.807) is 12.1 Å². The van der Waals surface area contributed by atoms with Crippen LogP contribution in [0.15, 0.2) is 36.4 Å². The molecule has 0 aromatic heterocycles. The molecule has 0 atom stereocenters. The van der Waals surface area contributed by atoms with Crippen molar-refractivity contribution >= 4 is 10.8 Å². The minimum atomic E-state index is 0.276. The van der Waals surface area contributed by atoms with Gasteiger partial charge in [0, 0.05) is 17.4 Å². The van der Waals surface area contributed by atoms with Crippen LogP contribution in [-0.2, 0) is 4.74 Å². The Kier molecular flexibility index (Phi) is 3.83. The van der Waals surface area contributed by atoms with E-state index in [0.29, 0.717) is 19.8 Å². The first-order valence-electron chi connectivity index (χ1n) is 5.74. The molecule has 0 radical (unpaired) electrons. The van der Waals surface area contributed by atoms with Gasteiger partial charge in [-0.3, -0.25) is 0 Å². The van der Waals surface area contributed by atoms with E-state index in [1.807, 2.05) is 31.2 Å². The average molecular weight is 232 g/mol. The molecule has 0 saturated carbocycles. The van der Waals surface area contributed by atoms with Gasteiger partial charge in [-0.15, -0.1) is 0 Å². The fourth-order valence-electron chi connectivity index (χ4n) is 1.74. The Morgan fingerprint density at radius 2 is 1.76 bits per heavy atom. The predicted octanol–water partition coefficient (Wildman–Crippen LogP) is 2.96. The van der Waals surface area contributed by atoms with Crippen molar-refractivity contribution in [1.29, 1.82) is 0 Å². The Hall–Kier alpha value is -1.74. The fourth-order valence-corrected chi connectivity index (χ4v) is 1.74. The Balaban J connectivity index is 2.20. The summed E-state index contributed by atoms with van der Waals surface area (Å²) in [7, 11) is 0. The summed E-state index contributed by atoms with van der Waals surface area (Å²) in [6.07, 6.45) is 0. The van der Waals surface area contributed by atoms with Crippen molar-refractivity contribution in [1.82, 2.24) is 0 Å². The highest BCUT2D eigenvalue weighted by atomic mass is 16.5. The third kappa shape index (κ3) is 2.68. The summed E-state index contributed by atoms with van der Waals surface area (Å²) in [6.45, 7) is 3.74. The molecule has 0 amide bonds. The summed E-state index contributed by atoms with van der Waals surface area (Å²) in [5.41, 5.74) is 0. The fraction of sp³-hybridized carbons (Fsp3) is 0.286. The summed E-state index contributed by atoms with van der Waals surface area (Å²) in [4.78, 5) is 0. The average Bonchev–Trinajstić information content (AvgIpc) is 2.37. The molecule has 0 aliphatic rings. The Morgan fingerprint density at radius 1 is 1.00 bits per heavy atom. The summed E-state index contributed by atoms with van der Waals surface area (Å²) in [6, 6.07) is 11.1. The molecule has 0 heterocycles. The lowest BCUT2D eigenvalue weighted by Crippen LogP contribution is -2.06. The second kappa shape index (κ2) is 5.55. The smallest absolute Gasteiger partial charge is 0.127 e. The van der Waals surface area contributed by atoms with E-state index >= 15 is 0 Å². The van der Waals surface area contributed by atoms with Gasteiger partial charge >= 0.3 is 0 Å². The molecule has 0 aliphatic carbocycles. The lowest BCUT2D eigenvalue weighted by Gasteiger charge is -2.10. The summed E-state index contributed by atoms with van der Waals surface area (Å²) in [5, 5.41) is 11.5. The number of fused-ring (bicyclic) bond motifs is 1. The zero-order valence-electron chi connectivity index (χ0n) is 9.85. The van der Waals surface area contributed by atoms with Crippen LogP contribution < -0.4 is 4.74 Å². The number of hydrogen-bond donors (Lipinski definition) is 1. The third-order valence-electron chi connectivity index (χ3n) is 2.55.